The van der Waals surface area contributed by atoms with Crippen LogP contribution in [-0.4, -0.2) is 19.0 Å². The van der Waals surface area contributed by atoms with Gasteiger partial charge in [0.15, 0.2) is 17.3 Å². The summed E-state index contributed by atoms with van der Waals surface area (Å²) in [7, 11) is 1.66. The number of ether oxygens (including phenoxy) is 2. The lowest BCUT2D eigenvalue weighted by Crippen LogP contribution is -2.26. The first-order chi connectivity index (χ1) is 15.5. The number of nitrogens with one attached hydrogen (secondary N) is 1. The Kier molecular flexibility index (Phi) is 5.46. The van der Waals surface area contributed by atoms with Gasteiger partial charge in [-0.25, -0.2) is 0 Å². The highest BCUT2D eigenvalue weighted by molar-refractivity contribution is 9.10. The summed E-state index contributed by atoms with van der Waals surface area (Å²) in [5.41, 5.74) is 5.14. The number of hydrogen-bond donors (Lipinski definition) is 1. The number of allylic oxidation sites excluding steroid dienone is 1. The van der Waals surface area contributed by atoms with Crippen molar-refractivity contribution in [1.82, 2.24) is 0 Å². The number of benzene rings is 3. The van der Waals surface area contributed by atoms with Crippen LogP contribution in [-0.2, 0) is 4.79 Å². The molecule has 5 heteroatoms. The average Bonchev–Trinajstić information content (AvgIpc) is 2.79. The summed E-state index contributed by atoms with van der Waals surface area (Å²) in [6, 6.07) is 16.5. The molecular weight excluding hydrogens is 466 g/mol. The summed E-state index contributed by atoms with van der Waals surface area (Å²) in [5, 5.41) is 6.07. The summed E-state index contributed by atoms with van der Waals surface area (Å²) in [6.45, 7) is 3.99. The van der Waals surface area contributed by atoms with Crippen molar-refractivity contribution in [3.63, 3.8) is 0 Å². The average molecular weight is 492 g/mol. The van der Waals surface area contributed by atoms with E-state index >= 15 is 0 Å². The third kappa shape index (κ3) is 3.49. The number of anilines is 1. The Bertz CT molecular complexity index is 1260. The molecule has 0 unspecified atom stereocenters. The molecule has 1 aliphatic carbocycles. The third-order valence-corrected chi connectivity index (χ3v) is 6.81. The van der Waals surface area contributed by atoms with Crippen LogP contribution in [0.15, 0.2) is 58.6 Å². The summed E-state index contributed by atoms with van der Waals surface area (Å²) in [6.07, 6.45) is 2.41. The molecule has 3 aromatic rings. The molecule has 4 nitrogen and oxygen atoms in total. The van der Waals surface area contributed by atoms with E-state index in [-0.39, 0.29) is 17.9 Å². The molecule has 0 radical (unpaired) electrons. The molecule has 1 N–H and O–H groups in total. The Hall–Kier alpha value is -2.79. The predicted molar refractivity (Wildman–Crippen MR) is 133 cm³/mol. The fraction of sp³-hybridized carbons (Fsp3) is 0.296. The number of fused-ring (bicyclic) bond motifs is 4. The molecule has 0 saturated carbocycles. The minimum atomic E-state index is -0.106. The first-order valence-corrected chi connectivity index (χ1v) is 11.9. The van der Waals surface area contributed by atoms with Crippen LogP contribution in [0.1, 0.15) is 50.3 Å². The molecule has 0 saturated heterocycles. The van der Waals surface area contributed by atoms with Gasteiger partial charge in [0.2, 0.25) is 0 Å². The van der Waals surface area contributed by atoms with Gasteiger partial charge in [0.25, 0.3) is 0 Å². The fourth-order valence-corrected chi connectivity index (χ4v) is 5.44. The van der Waals surface area contributed by atoms with E-state index in [1.807, 2.05) is 32.0 Å². The second kappa shape index (κ2) is 8.28. The first kappa shape index (κ1) is 21.1. The quantitative estimate of drug-likeness (QED) is 0.423. The number of halogens is 1. The number of Topliss-reactive ketones (excluding diaryl/α,β-unsaturated/α-hetero) is 1. The van der Waals surface area contributed by atoms with Gasteiger partial charge in [-0.15, -0.1) is 0 Å². The Morgan fingerprint density at radius 2 is 1.91 bits per heavy atom. The standard InChI is InChI=1S/C27H26BrNO3/c1-15(2)32-27-21(28)13-17(14-23(27)31-3)25-19-9-6-10-22(30)24(19)20-12-11-16-7-4-5-8-18(16)26(20)29-25/h4-5,7-8,11-15,25,29H,6,9-10H2,1-3H3/t25-/m1/s1. The van der Waals surface area contributed by atoms with Crippen LogP contribution >= 0.6 is 15.9 Å². The van der Waals surface area contributed by atoms with Crippen molar-refractivity contribution in [2.75, 3.05) is 12.4 Å². The third-order valence-electron chi connectivity index (χ3n) is 6.22. The van der Waals surface area contributed by atoms with E-state index in [9.17, 15) is 4.79 Å². The number of carbonyl (C=O) groups is 1. The van der Waals surface area contributed by atoms with Crippen LogP contribution in [0.4, 0.5) is 5.69 Å². The predicted octanol–water partition coefficient (Wildman–Crippen LogP) is 7.07. The molecule has 164 valence electrons. The molecule has 0 bridgehead atoms. The Morgan fingerprint density at radius 1 is 1.09 bits per heavy atom. The smallest absolute Gasteiger partial charge is 0.175 e. The summed E-state index contributed by atoms with van der Waals surface area (Å²) >= 11 is 3.69. The second-order valence-corrected chi connectivity index (χ2v) is 9.52. The minimum Gasteiger partial charge on any atom is -0.493 e. The van der Waals surface area contributed by atoms with E-state index in [0.717, 1.165) is 56.0 Å². The van der Waals surface area contributed by atoms with E-state index in [1.165, 1.54) is 0 Å². The highest BCUT2D eigenvalue weighted by Crippen LogP contribution is 2.49. The van der Waals surface area contributed by atoms with E-state index in [2.05, 4.69) is 51.6 Å². The molecule has 5 rings (SSSR count). The maximum absolute atomic E-state index is 13.1. The van der Waals surface area contributed by atoms with Crippen LogP contribution in [0.5, 0.6) is 11.5 Å². The van der Waals surface area contributed by atoms with Crippen molar-refractivity contribution >= 4 is 43.7 Å². The fourth-order valence-electron chi connectivity index (χ4n) is 4.89. The molecule has 2 aliphatic rings. The molecule has 0 spiro atoms. The maximum atomic E-state index is 13.1. The van der Waals surface area contributed by atoms with Gasteiger partial charge in [-0.2, -0.15) is 0 Å². The molecule has 32 heavy (non-hydrogen) atoms. The van der Waals surface area contributed by atoms with Gasteiger partial charge in [0.1, 0.15) is 0 Å². The largest absolute Gasteiger partial charge is 0.493 e. The number of rotatable bonds is 4. The minimum absolute atomic E-state index is 0.0300. The lowest BCUT2D eigenvalue weighted by atomic mass is 9.77. The second-order valence-electron chi connectivity index (χ2n) is 8.66. The van der Waals surface area contributed by atoms with E-state index in [4.69, 9.17) is 9.47 Å². The van der Waals surface area contributed by atoms with Crippen LogP contribution in [0.2, 0.25) is 0 Å². The zero-order valence-corrected chi connectivity index (χ0v) is 20.1. The van der Waals surface area contributed by atoms with Gasteiger partial charge in [0.05, 0.1) is 29.4 Å². The van der Waals surface area contributed by atoms with E-state index in [0.29, 0.717) is 17.9 Å². The maximum Gasteiger partial charge on any atom is 0.175 e. The molecular formula is C27H26BrNO3. The SMILES string of the molecule is COc1cc([C@H]2Nc3c(ccc4ccccc34)C3=C2CCCC3=O)cc(Br)c1OC(C)C. The lowest BCUT2D eigenvalue weighted by Gasteiger charge is -2.35. The number of ketones is 1. The zero-order chi connectivity index (χ0) is 22.4. The molecule has 1 heterocycles. The van der Waals surface area contributed by atoms with Crippen LogP contribution in [0, 0.1) is 0 Å². The molecule has 3 aromatic carbocycles. The van der Waals surface area contributed by atoms with E-state index in [1.54, 1.807) is 7.11 Å². The monoisotopic (exact) mass is 491 g/mol. The van der Waals surface area contributed by atoms with Crippen molar-refractivity contribution in [3.05, 3.63) is 69.7 Å². The highest BCUT2D eigenvalue weighted by atomic mass is 79.9. The van der Waals surface area contributed by atoms with Crippen molar-refractivity contribution in [1.29, 1.82) is 0 Å². The highest BCUT2D eigenvalue weighted by Gasteiger charge is 2.34. The van der Waals surface area contributed by atoms with Gasteiger partial charge in [0, 0.05) is 22.9 Å². The van der Waals surface area contributed by atoms with Crippen LogP contribution in [0.25, 0.3) is 16.3 Å². The normalized spacial score (nSPS) is 17.8. The molecule has 1 aliphatic heterocycles. The summed E-state index contributed by atoms with van der Waals surface area (Å²) < 4.78 is 12.5. The van der Waals surface area contributed by atoms with Gasteiger partial charge < -0.3 is 14.8 Å². The Morgan fingerprint density at radius 3 is 2.69 bits per heavy atom. The van der Waals surface area contributed by atoms with Crippen molar-refractivity contribution in [3.8, 4) is 11.5 Å². The first-order valence-electron chi connectivity index (χ1n) is 11.1. The van der Waals surface area contributed by atoms with Crippen molar-refractivity contribution < 1.29 is 14.3 Å². The molecule has 1 atom stereocenters. The van der Waals surface area contributed by atoms with Crippen molar-refractivity contribution in [2.24, 2.45) is 0 Å². The topological polar surface area (TPSA) is 47.6 Å². The molecule has 0 aromatic heterocycles. The summed E-state index contributed by atoms with van der Waals surface area (Å²) in [5.74, 6) is 1.61. The van der Waals surface area contributed by atoms with Crippen LogP contribution in [0.3, 0.4) is 0 Å². The molecule has 0 fully saturated rings. The van der Waals surface area contributed by atoms with E-state index < -0.39 is 0 Å². The number of methoxy groups -OCH3 is 1. The van der Waals surface area contributed by atoms with Gasteiger partial charge in [-0.1, -0.05) is 36.4 Å². The van der Waals surface area contributed by atoms with Crippen molar-refractivity contribution in [2.45, 2.75) is 45.3 Å². The van der Waals surface area contributed by atoms with Gasteiger partial charge in [-0.3, -0.25) is 4.79 Å². The Balaban J connectivity index is 1.71. The van der Waals surface area contributed by atoms with Gasteiger partial charge >= 0.3 is 0 Å². The van der Waals surface area contributed by atoms with Crippen LogP contribution < -0.4 is 14.8 Å². The molecule has 0 amide bonds. The lowest BCUT2D eigenvalue weighted by molar-refractivity contribution is -0.114. The number of hydrogen-bond acceptors (Lipinski definition) is 4. The Labute approximate surface area is 196 Å². The number of carbonyl (C=O) groups excluding carboxylic acids is 1. The zero-order valence-electron chi connectivity index (χ0n) is 18.5. The summed E-state index contributed by atoms with van der Waals surface area (Å²) in [4.78, 5) is 13.1. The van der Waals surface area contributed by atoms with Gasteiger partial charge in [-0.05, 0) is 71.3 Å².